The maximum atomic E-state index is 12.2. The molecule has 2 aromatic rings. The number of carbonyl (C=O) groups is 1. The average Bonchev–Trinajstić information content (AvgIpc) is 2.52. The topological polar surface area (TPSA) is 55.1 Å². The van der Waals surface area contributed by atoms with Crippen molar-refractivity contribution >= 4 is 16.7 Å². The van der Waals surface area contributed by atoms with Crippen LogP contribution in [0.5, 0.6) is 0 Å². The molecular weight excluding hydrogens is 260 g/mol. The number of nitrogens with two attached hydrogens (primary N) is 1. The van der Waals surface area contributed by atoms with E-state index >= 15 is 0 Å². The highest BCUT2D eigenvalue weighted by Crippen LogP contribution is 2.28. The van der Waals surface area contributed by atoms with E-state index in [0.29, 0.717) is 18.0 Å². The summed E-state index contributed by atoms with van der Waals surface area (Å²) in [6.07, 6.45) is 1.11. The molecule has 21 heavy (non-hydrogen) atoms. The molecule has 0 heterocycles. The van der Waals surface area contributed by atoms with Crippen LogP contribution >= 0.6 is 0 Å². The van der Waals surface area contributed by atoms with Crippen molar-refractivity contribution in [3.05, 3.63) is 47.5 Å². The van der Waals surface area contributed by atoms with Crippen molar-refractivity contribution in [1.29, 1.82) is 0 Å². The molecule has 112 valence electrons. The first-order valence-corrected chi connectivity index (χ1v) is 7.60. The first-order chi connectivity index (χ1) is 10.1. The van der Waals surface area contributed by atoms with E-state index in [-0.39, 0.29) is 11.9 Å². The Bertz CT molecular complexity index is 636. The van der Waals surface area contributed by atoms with E-state index in [1.165, 1.54) is 10.9 Å². The molecule has 0 saturated carbocycles. The summed E-state index contributed by atoms with van der Waals surface area (Å²) < 4.78 is 0. The van der Waals surface area contributed by atoms with Crippen molar-refractivity contribution in [1.82, 2.24) is 5.32 Å². The van der Waals surface area contributed by atoms with Crippen molar-refractivity contribution in [2.24, 2.45) is 5.73 Å². The van der Waals surface area contributed by atoms with Gasteiger partial charge in [-0.25, -0.2) is 0 Å². The highest BCUT2D eigenvalue weighted by molar-refractivity contribution is 5.99. The molecule has 0 fully saturated rings. The van der Waals surface area contributed by atoms with E-state index in [1.54, 1.807) is 0 Å². The van der Waals surface area contributed by atoms with Crippen molar-refractivity contribution in [2.75, 3.05) is 6.54 Å². The van der Waals surface area contributed by atoms with Gasteiger partial charge in [-0.15, -0.1) is 0 Å². The molecule has 0 aliphatic heterocycles. The van der Waals surface area contributed by atoms with E-state index in [9.17, 15) is 4.79 Å². The SMILES string of the molecule is CCC(C)c1cccc2cc(C(=O)NC(C)CN)ccc12. The number of rotatable bonds is 5. The van der Waals surface area contributed by atoms with Gasteiger partial charge < -0.3 is 11.1 Å². The Kier molecular flexibility index (Phi) is 4.97. The van der Waals surface area contributed by atoms with Gasteiger partial charge in [0.15, 0.2) is 0 Å². The molecule has 0 spiro atoms. The van der Waals surface area contributed by atoms with Crippen LogP contribution in [-0.2, 0) is 0 Å². The van der Waals surface area contributed by atoms with Gasteiger partial charge in [0.1, 0.15) is 0 Å². The molecule has 2 aromatic carbocycles. The molecule has 2 rings (SSSR count). The predicted molar refractivity (Wildman–Crippen MR) is 88.6 cm³/mol. The lowest BCUT2D eigenvalue weighted by Gasteiger charge is -2.14. The van der Waals surface area contributed by atoms with Gasteiger partial charge >= 0.3 is 0 Å². The van der Waals surface area contributed by atoms with E-state index in [0.717, 1.165) is 11.8 Å². The lowest BCUT2D eigenvalue weighted by molar-refractivity contribution is 0.0941. The number of benzene rings is 2. The minimum absolute atomic E-state index is 0.0142. The van der Waals surface area contributed by atoms with Crippen LogP contribution in [0.2, 0.25) is 0 Å². The van der Waals surface area contributed by atoms with Crippen LogP contribution in [0.25, 0.3) is 10.8 Å². The molecule has 2 atom stereocenters. The summed E-state index contributed by atoms with van der Waals surface area (Å²) in [5.41, 5.74) is 7.57. The zero-order valence-electron chi connectivity index (χ0n) is 13.0. The maximum absolute atomic E-state index is 12.2. The molecule has 3 nitrogen and oxygen atoms in total. The van der Waals surface area contributed by atoms with Crippen molar-refractivity contribution in [2.45, 2.75) is 39.2 Å². The minimum Gasteiger partial charge on any atom is -0.348 e. The van der Waals surface area contributed by atoms with Gasteiger partial charge in [0.05, 0.1) is 0 Å². The van der Waals surface area contributed by atoms with Crippen LogP contribution in [0, 0.1) is 0 Å². The Labute approximate surface area is 126 Å². The summed E-state index contributed by atoms with van der Waals surface area (Å²) in [7, 11) is 0. The molecule has 0 bridgehead atoms. The van der Waals surface area contributed by atoms with Crippen LogP contribution in [0.15, 0.2) is 36.4 Å². The number of hydrogen-bond donors (Lipinski definition) is 2. The smallest absolute Gasteiger partial charge is 0.251 e. The van der Waals surface area contributed by atoms with Crippen molar-refractivity contribution in [3.63, 3.8) is 0 Å². The molecule has 1 amide bonds. The fourth-order valence-electron chi connectivity index (χ4n) is 2.47. The quantitative estimate of drug-likeness (QED) is 0.883. The third-order valence-corrected chi connectivity index (χ3v) is 4.05. The normalized spacial score (nSPS) is 13.9. The van der Waals surface area contributed by atoms with Crippen LogP contribution in [-0.4, -0.2) is 18.5 Å². The molecule has 2 unspecified atom stereocenters. The minimum atomic E-state index is -0.0659. The van der Waals surface area contributed by atoms with Gasteiger partial charge in [0, 0.05) is 18.2 Å². The van der Waals surface area contributed by atoms with Gasteiger partial charge in [0.25, 0.3) is 5.91 Å². The lowest BCUT2D eigenvalue weighted by atomic mass is 9.92. The van der Waals surface area contributed by atoms with Gasteiger partial charge in [0.2, 0.25) is 0 Å². The van der Waals surface area contributed by atoms with Crippen LogP contribution in [0.4, 0.5) is 0 Å². The fraction of sp³-hybridized carbons (Fsp3) is 0.389. The summed E-state index contributed by atoms with van der Waals surface area (Å²) in [6.45, 7) is 6.77. The Balaban J connectivity index is 2.37. The summed E-state index contributed by atoms with van der Waals surface area (Å²) >= 11 is 0. The Hall–Kier alpha value is -1.87. The number of amides is 1. The molecule has 0 saturated heterocycles. The standard InChI is InChI=1S/C18H24N2O/c1-4-12(2)16-7-5-6-14-10-15(8-9-17(14)16)18(21)20-13(3)11-19/h5-10,12-13H,4,11,19H2,1-3H3,(H,20,21). The van der Waals surface area contributed by atoms with Gasteiger partial charge in [-0.05, 0) is 47.7 Å². The number of fused-ring (bicyclic) bond motifs is 1. The maximum Gasteiger partial charge on any atom is 0.251 e. The van der Waals surface area contributed by atoms with Gasteiger partial charge in [-0.2, -0.15) is 0 Å². The van der Waals surface area contributed by atoms with Crippen LogP contribution in [0.1, 0.15) is 49.0 Å². The molecule has 0 aliphatic carbocycles. The fourth-order valence-corrected chi connectivity index (χ4v) is 2.47. The Morgan fingerprint density at radius 2 is 2.00 bits per heavy atom. The molecule has 3 heteroatoms. The third-order valence-electron chi connectivity index (χ3n) is 4.05. The second-order valence-electron chi connectivity index (χ2n) is 5.70. The highest BCUT2D eigenvalue weighted by Gasteiger charge is 2.11. The molecular formula is C18H24N2O. The Morgan fingerprint density at radius 1 is 1.24 bits per heavy atom. The van der Waals surface area contributed by atoms with Crippen molar-refractivity contribution in [3.8, 4) is 0 Å². The molecule has 3 N–H and O–H groups in total. The van der Waals surface area contributed by atoms with Crippen LogP contribution in [0.3, 0.4) is 0 Å². The largest absolute Gasteiger partial charge is 0.348 e. The highest BCUT2D eigenvalue weighted by atomic mass is 16.1. The molecule has 0 aromatic heterocycles. The third kappa shape index (κ3) is 3.42. The number of carbonyl (C=O) groups excluding carboxylic acids is 1. The monoisotopic (exact) mass is 284 g/mol. The average molecular weight is 284 g/mol. The first kappa shape index (κ1) is 15.5. The molecule has 0 aliphatic rings. The van der Waals surface area contributed by atoms with E-state index in [1.807, 2.05) is 19.1 Å². The summed E-state index contributed by atoms with van der Waals surface area (Å²) in [5.74, 6) is 0.453. The summed E-state index contributed by atoms with van der Waals surface area (Å²) in [4.78, 5) is 12.2. The molecule has 0 radical (unpaired) electrons. The van der Waals surface area contributed by atoms with Gasteiger partial charge in [-0.3, -0.25) is 4.79 Å². The summed E-state index contributed by atoms with van der Waals surface area (Å²) in [6, 6.07) is 12.2. The number of hydrogen-bond acceptors (Lipinski definition) is 2. The second kappa shape index (κ2) is 6.72. The lowest BCUT2D eigenvalue weighted by Crippen LogP contribution is -2.37. The van der Waals surface area contributed by atoms with E-state index in [4.69, 9.17) is 5.73 Å². The number of nitrogens with one attached hydrogen (secondary N) is 1. The van der Waals surface area contributed by atoms with E-state index in [2.05, 4.69) is 43.4 Å². The zero-order valence-corrected chi connectivity index (χ0v) is 13.0. The van der Waals surface area contributed by atoms with Crippen LogP contribution < -0.4 is 11.1 Å². The summed E-state index contributed by atoms with van der Waals surface area (Å²) in [5, 5.41) is 5.24. The van der Waals surface area contributed by atoms with E-state index < -0.39 is 0 Å². The predicted octanol–water partition coefficient (Wildman–Crippen LogP) is 3.43. The van der Waals surface area contributed by atoms with Gasteiger partial charge in [-0.1, -0.05) is 38.1 Å². The van der Waals surface area contributed by atoms with Crippen molar-refractivity contribution < 1.29 is 4.79 Å². The first-order valence-electron chi connectivity index (χ1n) is 7.60. The Morgan fingerprint density at radius 3 is 2.67 bits per heavy atom. The zero-order chi connectivity index (χ0) is 15.4. The second-order valence-corrected chi connectivity index (χ2v) is 5.70.